The molecule has 98 valence electrons. The molecule has 0 saturated carbocycles. The molecular weight excluding hydrogens is 256 g/mol. The molecule has 1 amide bonds. The largest absolute Gasteiger partial charge is 0.481 e. The molecule has 0 spiro atoms. The number of primary sulfonamides is 1. The monoisotopic (exact) mass is 270 g/mol. The second kappa shape index (κ2) is 4.58. The Labute approximate surface area is 105 Å². The summed E-state index contributed by atoms with van der Waals surface area (Å²) in [6, 6.07) is 5.69. The highest BCUT2D eigenvalue weighted by atomic mass is 32.2. The first-order valence-corrected chi connectivity index (χ1v) is 6.97. The van der Waals surface area contributed by atoms with Crippen molar-refractivity contribution in [2.75, 3.05) is 13.6 Å². The summed E-state index contributed by atoms with van der Waals surface area (Å²) >= 11 is 0. The summed E-state index contributed by atoms with van der Waals surface area (Å²) in [5, 5.41) is 4.98. The quantitative estimate of drug-likeness (QED) is 0.833. The van der Waals surface area contributed by atoms with E-state index in [2.05, 4.69) is 0 Å². The number of hydrogen-bond donors (Lipinski definition) is 1. The van der Waals surface area contributed by atoms with Crippen LogP contribution in [0.2, 0.25) is 0 Å². The van der Waals surface area contributed by atoms with E-state index in [0.29, 0.717) is 18.7 Å². The summed E-state index contributed by atoms with van der Waals surface area (Å²) in [7, 11) is -1.98. The van der Waals surface area contributed by atoms with E-state index in [-0.39, 0.29) is 10.8 Å². The van der Waals surface area contributed by atoms with Crippen molar-refractivity contribution in [3.05, 3.63) is 24.3 Å². The smallest absolute Gasteiger partial charge is 0.263 e. The van der Waals surface area contributed by atoms with Gasteiger partial charge < -0.3 is 9.64 Å². The first-order chi connectivity index (χ1) is 8.38. The van der Waals surface area contributed by atoms with Crippen LogP contribution in [0.5, 0.6) is 5.75 Å². The van der Waals surface area contributed by atoms with Crippen molar-refractivity contribution in [2.45, 2.75) is 17.4 Å². The molecule has 0 aliphatic carbocycles. The molecule has 0 bridgehead atoms. The third kappa shape index (κ3) is 2.62. The highest BCUT2D eigenvalue weighted by Gasteiger charge is 2.30. The summed E-state index contributed by atoms with van der Waals surface area (Å²) in [5.74, 6) is 0.390. The van der Waals surface area contributed by atoms with Crippen molar-refractivity contribution in [2.24, 2.45) is 5.14 Å². The molecule has 1 saturated heterocycles. The van der Waals surface area contributed by atoms with Crippen LogP contribution in [0.15, 0.2) is 29.2 Å². The van der Waals surface area contributed by atoms with Crippen molar-refractivity contribution < 1.29 is 17.9 Å². The fourth-order valence-electron chi connectivity index (χ4n) is 1.77. The van der Waals surface area contributed by atoms with Gasteiger partial charge in [-0.1, -0.05) is 0 Å². The standard InChI is InChI=1S/C11H14N2O4S/c1-13-7-6-10(11(13)14)17-8-2-4-9(5-3-8)18(12,15)16/h2-5,10H,6-7H2,1H3,(H2,12,15,16). The fraction of sp³-hybridized carbons (Fsp3) is 0.364. The van der Waals surface area contributed by atoms with Gasteiger partial charge in [0.25, 0.3) is 5.91 Å². The van der Waals surface area contributed by atoms with Gasteiger partial charge in [0, 0.05) is 20.0 Å². The number of amides is 1. The van der Waals surface area contributed by atoms with E-state index in [1.807, 2.05) is 0 Å². The van der Waals surface area contributed by atoms with Crippen LogP contribution in [-0.2, 0) is 14.8 Å². The van der Waals surface area contributed by atoms with E-state index in [1.165, 1.54) is 24.3 Å². The number of likely N-dealkylation sites (tertiary alicyclic amines) is 1. The van der Waals surface area contributed by atoms with Gasteiger partial charge in [-0.25, -0.2) is 13.6 Å². The minimum absolute atomic E-state index is 0.0183. The number of nitrogens with two attached hydrogens (primary N) is 1. The van der Waals surface area contributed by atoms with Crippen LogP contribution in [-0.4, -0.2) is 38.9 Å². The Balaban J connectivity index is 2.10. The summed E-state index contributed by atoms with van der Waals surface area (Å²) in [4.78, 5) is 13.2. The topological polar surface area (TPSA) is 89.7 Å². The zero-order valence-electron chi connectivity index (χ0n) is 9.87. The van der Waals surface area contributed by atoms with Gasteiger partial charge in [0.15, 0.2) is 6.10 Å². The lowest BCUT2D eigenvalue weighted by molar-refractivity contribution is -0.132. The van der Waals surface area contributed by atoms with Gasteiger partial charge >= 0.3 is 0 Å². The second-order valence-corrected chi connectivity index (χ2v) is 5.73. The molecule has 1 aliphatic heterocycles. The first kappa shape index (κ1) is 12.8. The zero-order chi connectivity index (χ0) is 13.3. The normalized spacial score (nSPS) is 20.2. The predicted octanol–water partition coefficient (Wildman–Crippen LogP) is -0.0565. The summed E-state index contributed by atoms with van der Waals surface area (Å²) in [6.07, 6.45) is 0.141. The van der Waals surface area contributed by atoms with Crippen LogP contribution in [0.4, 0.5) is 0 Å². The van der Waals surface area contributed by atoms with Crippen molar-refractivity contribution in [1.82, 2.24) is 4.90 Å². The molecule has 1 heterocycles. The van der Waals surface area contributed by atoms with E-state index in [9.17, 15) is 13.2 Å². The molecule has 1 aliphatic rings. The van der Waals surface area contributed by atoms with Gasteiger partial charge in [-0.3, -0.25) is 4.79 Å². The van der Waals surface area contributed by atoms with E-state index in [1.54, 1.807) is 11.9 Å². The van der Waals surface area contributed by atoms with E-state index in [4.69, 9.17) is 9.88 Å². The van der Waals surface area contributed by atoms with Crippen LogP contribution < -0.4 is 9.88 Å². The van der Waals surface area contributed by atoms with Crippen LogP contribution >= 0.6 is 0 Å². The van der Waals surface area contributed by atoms with Gasteiger partial charge in [0.05, 0.1) is 4.90 Å². The molecule has 1 aromatic rings. The van der Waals surface area contributed by atoms with Gasteiger partial charge in [-0.05, 0) is 24.3 Å². The average molecular weight is 270 g/mol. The average Bonchev–Trinajstić information content (AvgIpc) is 2.61. The maximum atomic E-state index is 11.6. The third-order valence-electron chi connectivity index (χ3n) is 2.81. The molecule has 2 rings (SSSR count). The Kier molecular flexibility index (Phi) is 3.27. The van der Waals surface area contributed by atoms with Crippen LogP contribution in [0.25, 0.3) is 0 Å². The maximum Gasteiger partial charge on any atom is 0.263 e. The van der Waals surface area contributed by atoms with Gasteiger partial charge in [-0.15, -0.1) is 0 Å². The number of likely N-dealkylation sites (N-methyl/N-ethyl adjacent to an activating group) is 1. The molecule has 0 aromatic heterocycles. The van der Waals surface area contributed by atoms with Crippen LogP contribution in [0.3, 0.4) is 0 Å². The van der Waals surface area contributed by atoms with E-state index < -0.39 is 16.1 Å². The van der Waals surface area contributed by atoms with E-state index >= 15 is 0 Å². The molecule has 7 heteroatoms. The number of nitrogens with zero attached hydrogens (tertiary/aromatic N) is 1. The molecule has 18 heavy (non-hydrogen) atoms. The SMILES string of the molecule is CN1CCC(Oc2ccc(S(N)(=O)=O)cc2)C1=O. The number of ether oxygens (including phenoxy) is 1. The fourth-order valence-corrected chi connectivity index (χ4v) is 2.29. The Morgan fingerprint density at radius 1 is 1.33 bits per heavy atom. The number of benzene rings is 1. The Morgan fingerprint density at radius 2 is 1.94 bits per heavy atom. The Hall–Kier alpha value is -1.60. The minimum Gasteiger partial charge on any atom is -0.481 e. The lowest BCUT2D eigenvalue weighted by atomic mass is 10.3. The Bertz CT molecular complexity index is 553. The first-order valence-electron chi connectivity index (χ1n) is 5.42. The number of hydrogen-bond acceptors (Lipinski definition) is 4. The van der Waals surface area contributed by atoms with E-state index in [0.717, 1.165) is 0 Å². The maximum absolute atomic E-state index is 11.6. The number of rotatable bonds is 3. The van der Waals surface area contributed by atoms with Gasteiger partial charge in [-0.2, -0.15) is 0 Å². The third-order valence-corrected chi connectivity index (χ3v) is 3.74. The number of sulfonamides is 1. The molecule has 2 N–H and O–H groups in total. The molecule has 1 atom stereocenters. The lowest BCUT2D eigenvalue weighted by Crippen LogP contribution is -2.29. The zero-order valence-corrected chi connectivity index (χ0v) is 10.7. The Morgan fingerprint density at radius 3 is 2.39 bits per heavy atom. The van der Waals surface area contributed by atoms with Gasteiger partial charge in [0.1, 0.15) is 5.75 Å². The second-order valence-electron chi connectivity index (χ2n) is 4.17. The van der Waals surface area contributed by atoms with Crippen LogP contribution in [0, 0.1) is 0 Å². The molecule has 6 nitrogen and oxygen atoms in total. The molecule has 0 radical (unpaired) electrons. The van der Waals surface area contributed by atoms with Gasteiger partial charge in [0.2, 0.25) is 10.0 Å². The lowest BCUT2D eigenvalue weighted by Gasteiger charge is -2.13. The highest BCUT2D eigenvalue weighted by molar-refractivity contribution is 7.89. The predicted molar refractivity (Wildman–Crippen MR) is 64.5 cm³/mol. The molecule has 1 fully saturated rings. The summed E-state index contributed by atoms with van der Waals surface area (Å²) in [6.45, 7) is 0.665. The number of carbonyl (C=O) groups excluding carboxylic acids is 1. The minimum atomic E-state index is -3.70. The molecule has 1 unspecified atom stereocenters. The van der Waals surface area contributed by atoms with Crippen LogP contribution in [0.1, 0.15) is 6.42 Å². The molecule has 1 aromatic carbocycles. The summed E-state index contributed by atoms with van der Waals surface area (Å²) in [5.41, 5.74) is 0. The van der Waals surface area contributed by atoms with Crippen molar-refractivity contribution in [3.63, 3.8) is 0 Å². The molecular formula is C11H14N2O4S. The highest BCUT2D eigenvalue weighted by Crippen LogP contribution is 2.20. The van der Waals surface area contributed by atoms with Crippen molar-refractivity contribution in [1.29, 1.82) is 0 Å². The van der Waals surface area contributed by atoms with Crippen molar-refractivity contribution >= 4 is 15.9 Å². The summed E-state index contributed by atoms with van der Waals surface area (Å²) < 4.78 is 27.6. The number of carbonyl (C=O) groups is 1. The van der Waals surface area contributed by atoms with Crippen molar-refractivity contribution in [3.8, 4) is 5.75 Å².